The quantitative estimate of drug-likeness (QED) is 0.354. The van der Waals surface area contributed by atoms with E-state index in [9.17, 15) is 0 Å². The molecule has 0 amide bonds. The highest BCUT2D eigenvalue weighted by Gasteiger charge is 2.29. The van der Waals surface area contributed by atoms with Gasteiger partial charge in [0, 0.05) is 11.3 Å². The van der Waals surface area contributed by atoms with Crippen LogP contribution in [0.5, 0.6) is 0 Å². The molecule has 1 aliphatic rings. The summed E-state index contributed by atoms with van der Waals surface area (Å²) in [6.45, 7) is 6.82. The Bertz CT molecular complexity index is 1160. The molecule has 1 aliphatic heterocycles. The maximum atomic E-state index is 4.54. The maximum absolute atomic E-state index is 4.54. The fourth-order valence-corrected chi connectivity index (χ4v) is 4.35. The molecule has 4 aromatic rings. The number of benzene rings is 4. The van der Waals surface area contributed by atoms with Gasteiger partial charge in [0.1, 0.15) is 0 Å². The molecule has 0 bridgehead atoms. The van der Waals surface area contributed by atoms with Gasteiger partial charge in [-0.25, -0.2) is 0 Å². The molecule has 0 N–H and O–H groups in total. The summed E-state index contributed by atoms with van der Waals surface area (Å²) in [5.41, 5.74) is 7.30. The Balaban J connectivity index is 1.90. The fourth-order valence-electron chi connectivity index (χ4n) is 4.35. The van der Waals surface area contributed by atoms with Crippen molar-refractivity contribution in [1.29, 1.82) is 0 Å². The molecule has 1 heterocycles. The lowest BCUT2D eigenvalue weighted by atomic mass is 9.91. The van der Waals surface area contributed by atoms with Crippen LogP contribution in [-0.4, -0.2) is 0 Å². The van der Waals surface area contributed by atoms with Crippen LogP contribution in [0.15, 0.2) is 97.6 Å². The van der Waals surface area contributed by atoms with E-state index in [1.807, 2.05) is 0 Å². The van der Waals surface area contributed by atoms with Crippen LogP contribution in [0.25, 0.3) is 16.3 Å². The van der Waals surface area contributed by atoms with Gasteiger partial charge >= 0.3 is 0 Å². The Labute approximate surface area is 160 Å². The number of hydrogen-bond acceptors (Lipinski definition) is 1. The molecule has 1 heteroatoms. The Morgan fingerprint density at radius 2 is 1.44 bits per heavy atom. The number of nitrogens with zero attached hydrogens (tertiary/aromatic N) is 1. The first-order valence-electron chi connectivity index (χ1n) is 9.40. The molecular formula is C26H21N. The number of para-hydroxylation sites is 1. The zero-order chi connectivity index (χ0) is 18.4. The first-order chi connectivity index (χ1) is 13.3. The van der Waals surface area contributed by atoms with Gasteiger partial charge in [-0.3, -0.25) is 0 Å². The summed E-state index contributed by atoms with van der Waals surface area (Å²) in [6.07, 6.45) is 0. The van der Waals surface area contributed by atoms with E-state index in [-0.39, 0.29) is 6.04 Å². The number of rotatable bonds is 1. The molecule has 0 fully saturated rings. The summed E-state index contributed by atoms with van der Waals surface area (Å²) in [7, 11) is 0. The molecule has 0 aliphatic carbocycles. The van der Waals surface area contributed by atoms with E-state index in [1.54, 1.807) is 0 Å². The largest absolute Gasteiger partial charge is 0.334 e. The molecule has 1 atom stereocenters. The van der Waals surface area contributed by atoms with Crippen molar-refractivity contribution in [2.24, 2.45) is 0 Å². The molecule has 5 rings (SSSR count). The summed E-state index contributed by atoms with van der Waals surface area (Å²) in [5, 5.41) is 2.50. The molecule has 1 nitrogen and oxygen atoms in total. The highest BCUT2D eigenvalue weighted by molar-refractivity contribution is 6.04. The van der Waals surface area contributed by atoms with Crippen molar-refractivity contribution in [1.82, 2.24) is 0 Å². The lowest BCUT2D eigenvalue weighted by Crippen LogP contribution is -2.21. The SMILES string of the molecule is C=C1c2ccccc2C(C)N(c2ccccc2)c2ccc3ccccc3c21. The average molecular weight is 347 g/mol. The Morgan fingerprint density at radius 1 is 0.741 bits per heavy atom. The van der Waals surface area contributed by atoms with Crippen LogP contribution in [0, 0.1) is 0 Å². The van der Waals surface area contributed by atoms with Gasteiger partial charge in [-0.05, 0) is 52.6 Å². The minimum absolute atomic E-state index is 0.211. The summed E-state index contributed by atoms with van der Waals surface area (Å²) in [6, 6.07) is 32.6. The second-order valence-corrected chi connectivity index (χ2v) is 7.13. The predicted octanol–water partition coefficient (Wildman–Crippen LogP) is 7.11. The lowest BCUT2D eigenvalue weighted by Gasteiger charge is -2.32. The van der Waals surface area contributed by atoms with E-state index in [1.165, 1.54) is 38.8 Å². The molecule has 0 saturated carbocycles. The van der Waals surface area contributed by atoms with Crippen molar-refractivity contribution in [3.63, 3.8) is 0 Å². The molecule has 130 valence electrons. The molecule has 1 unspecified atom stereocenters. The number of anilines is 2. The van der Waals surface area contributed by atoms with E-state index in [0.29, 0.717) is 0 Å². The van der Waals surface area contributed by atoms with Crippen molar-refractivity contribution < 1.29 is 0 Å². The van der Waals surface area contributed by atoms with Gasteiger partial charge in [0.15, 0.2) is 0 Å². The fraction of sp³-hybridized carbons (Fsp3) is 0.0769. The third-order valence-corrected chi connectivity index (χ3v) is 5.63. The summed E-state index contributed by atoms with van der Waals surface area (Å²) in [5.74, 6) is 0. The van der Waals surface area contributed by atoms with E-state index < -0.39 is 0 Å². The normalized spacial score (nSPS) is 16.0. The molecule has 27 heavy (non-hydrogen) atoms. The van der Waals surface area contributed by atoms with Crippen LogP contribution >= 0.6 is 0 Å². The first kappa shape index (κ1) is 15.9. The van der Waals surface area contributed by atoms with Crippen LogP contribution in [0.4, 0.5) is 11.4 Å². The molecule has 4 aromatic carbocycles. The third-order valence-electron chi connectivity index (χ3n) is 5.63. The van der Waals surface area contributed by atoms with Crippen molar-refractivity contribution >= 4 is 27.7 Å². The Morgan fingerprint density at radius 3 is 2.30 bits per heavy atom. The minimum Gasteiger partial charge on any atom is -0.334 e. The number of hydrogen-bond donors (Lipinski definition) is 0. The van der Waals surface area contributed by atoms with Gasteiger partial charge in [-0.15, -0.1) is 0 Å². The predicted molar refractivity (Wildman–Crippen MR) is 116 cm³/mol. The van der Waals surface area contributed by atoms with Gasteiger partial charge in [0.05, 0.1) is 11.7 Å². The summed E-state index contributed by atoms with van der Waals surface area (Å²) in [4.78, 5) is 2.44. The van der Waals surface area contributed by atoms with Gasteiger partial charge in [-0.1, -0.05) is 79.4 Å². The average Bonchev–Trinajstić information content (AvgIpc) is 2.82. The van der Waals surface area contributed by atoms with Crippen molar-refractivity contribution in [2.45, 2.75) is 13.0 Å². The molecular weight excluding hydrogens is 326 g/mol. The van der Waals surface area contributed by atoms with E-state index in [2.05, 4.69) is 109 Å². The topological polar surface area (TPSA) is 3.24 Å². The zero-order valence-electron chi connectivity index (χ0n) is 15.4. The van der Waals surface area contributed by atoms with Crippen LogP contribution in [0.3, 0.4) is 0 Å². The van der Waals surface area contributed by atoms with Gasteiger partial charge in [-0.2, -0.15) is 0 Å². The maximum Gasteiger partial charge on any atom is 0.0569 e. The van der Waals surface area contributed by atoms with Gasteiger partial charge in [0.2, 0.25) is 0 Å². The molecule has 0 radical (unpaired) electrons. The van der Waals surface area contributed by atoms with Crippen LogP contribution in [-0.2, 0) is 0 Å². The van der Waals surface area contributed by atoms with E-state index in [4.69, 9.17) is 0 Å². The third kappa shape index (κ3) is 2.39. The monoisotopic (exact) mass is 347 g/mol. The summed E-state index contributed by atoms with van der Waals surface area (Å²) >= 11 is 0. The van der Waals surface area contributed by atoms with Crippen LogP contribution in [0.1, 0.15) is 29.7 Å². The zero-order valence-corrected chi connectivity index (χ0v) is 15.4. The Kier molecular flexibility index (Phi) is 3.61. The first-order valence-corrected chi connectivity index (χ1v) is 9.40. The minimum atomic E-state index is 0.211. The van der Waals surface area contributed by atoms with Gasteiger partial charge < -0.3 is 4.90 Å². The van der Waals surface area contributed by atoms with Crippen molar-refractivity contribution in [3.05, 3.63) is 114 Å². The summed E-state index contributed by atoms with van der Waals surface area (Å²) < 4.78 is 0. The van der Waals surface area contributed by atoms with Gasteiger partial charge in [0.25, 0.3) is 0 Å². The smallest absolute Gasteiger partial charge is 0.0569 e. The highest BCUT2D eigenvalue weighted by Crippen LogP contribution is 2.47. The lowest BCUT2D eigenvalue weighted by molar-refractivity contribution is 0.776. The van der Waals surface area contributed by atoms with E-state index >= 15 is 0 Å². The molecule has 0 saturated heterocycles. The standard InChI is InChI=1S/C26H21N/c1-18-22-13-8-9-14-23(22)19(2)27(21-11-4-3-5-12-21)25-17-16-20-10-6-7-15-24(20)26(18)25/h3-17,19H,1H2,2H3. The van der Waals surface area contributed by atoms with Crippen LogP contribution < -0.4 is 4.90 Å². The molecule has 0 aromatic heterocycles. The van der Waals surface area contributed by atoms with Crippen molar-refractivity contribution in [3.8, 4) is 0 Å². The van der Waals surface area contributed by atoms with E-state index in [0.717, 1.165) is 5.57 Å². The van der Waals surface area contributed by atoms with Crippen molar-refractivity contribution in [2.75, 3.05) is 4.90 Å². The molecule has 0 spiro atoms. The second kappa shape index (κ2) is 6.14. The van der Waals surface area contributed by atoms with Crippen LogP contribution in [0.2, 0.25) is 0 Å². The number of fused-ring (bicyclic) bond motifs is 4. The highest BCUT2D eigenvalue weighted by atomic mass is 15.2. The Hall–Kier alpha value is -3.32. The second-order valence-electron chi connectivity index (χ2n) is 7.13.